The Labute approximate surface area is 164 Å². The highest BCUT2D eigenvalue weighted by Crippen LogP contribution is 2.17. The van der Waals surface area contributed by atoms with Crippen LogP contribution in [-0.4, -0.2) is 31.0 Å². The van der Waals surface area contributed by atoms with Crippen molar-refractivity contribution in [2.75, 3.05) is 7.11 Å². The van der Waals surface area contributed by atoms with Crippen molar-refractivity contribution >= 4 is 17.8 Å². The van der Waals surface area contributed by atoms with E-state index in [2.05, 4.69) is 10.1 Å². The topological polar surface area (TPSA) is 94.8 Å². The number of methoxy groups -OCH3 is 1. The molecule has 2 aromatic rings. The van der Waals surface area contributed by atoms with E-state index in [-0.39, 0.29) is 30.4 Å². The number of aryl methyl sites for hydroxylation is 1. The molecule has 7 nitrogen and oxygen atoms in total. The third kappa shape index (κ3) is 5.70. The number of furan rings is 1. The fourth-order valence-corrected chi connectivity index (χ4v) is 2.66. The molecule has 28 heavy (non-hydrogen) atoms. The predicted octanol–water partition coefficient (Wildman–Crippen LogP) is 2.80. The van der Waals surface area contributed by atoms with Gasteiger partial charge in [-0.25, -0.2) is 9.59 Å². The summed E-state index contributed by atoms with van der Waals surface area (Å²) in [5.74, 6) is -0.796. The second-order valence-electron chi connectivity index (χ2n) is 6.73. The lowest BCUT2D eigenvalue weighted by atomic mass is 10.0. The van der Waals surface area contributed by atoms with Crippen molar-refractivity contribution < 1.29 is 28.3 Å². The molecule has 1 N–H and O–H groups in total. The largest absolute Gasteiger partial charge is 0.465 e. The summed E-state index contributed by atoms with van der Waals surface area (Å²) in [5.41, 5.74) is 1.14. The molecule has 0 unspecified atom stereocenters. The van der Waals surface area contributed by atoms with Gasteiger partial charge in [0.25, 0.3) is 0 Å². The van der Waals surface area contributed by atoms with Gasteiger partial charge in [0.2, 0.25) is 5.91 Å². The van der Waals surface area contributed by atoms with Crippen molar-refractivity contribution in [3.63, 3.8) is 0 Å². The lowest BCUT2D eigenvalue weighted by molar-refractivity contribution is -0.151. The van der Waals surface area contributed by atoms with Crippen LogP contribution in [-0.2, 0) is 32.1 Å². The maximum atomic E-state index is 12.5. The van der Waals surface area contributed by atoms with E-state index in [4.69, 9.17) is 9.15 Å². The molecular formula is C21H25NO6. The fourth-order valence-electron chi connectivity index (χ4n) is 2.66. The molecule has 1 aromatic carbocycles. The van der Waals surface area contributed by atoms with Crippen molar-refractivity contribution in [3.8, 4) is 0 Å². The zero-order chi connectivity index (χ0) is 20.7. The average molecular weight is 387 g/mol. The third-order valence-corrected chi connectivity index (χ3v) is 4.18. The number of ether oxygens (including phenoxy) is 2. The molecule has 0 aliphatic carbocycles. The summed E-state index contributed by atoms with van der Waals surface area (Å²) in [7, 11) is 1.28. The summed E-state index contributed by atoms with van der Waals surface area (Å²) < 4.78 is 15.4. The molecule has 2 rings (SSSR count). The summed E-state index contributed by atoms with van der Waals surface area (Å²) >= 11 is 0. The number of benzene rings is 1. The van der Waals surface area contributed by atoms with Crippen LogP contribution < -0.4 is 5.32 Å². The summed E-state index contributed by atoms with van der Waals surface area (Å²) in [6.07, 6.45) is 0.178. The van der Waals surface area contributed by atoms with Crippen LogP contribution in [0.2, 0.25) is 0 Å². The van der Waals surface area contributed by atoms with Crippen LogP contribution in [0.4, 0.5) is 0 Å². The van der Waals surface area contributed by atoms with Gasteiger partial charge in [-0.1, -0.05) is 44.2 Å². The molecule has 1 atom stereocenters. The fraction of sp³-hybridized carbons (Fsp3) is 0.381. The SMILES string of the molecule is COC(=O)c1cc(COC(=O)[C@H](NC(=O)Cc2ccccc2)C(C)C)oc1C. The van der Waals surface area contributed by atoms with Crippen molar-refractivity contribution in [1.29, 1.82) is 0 Å². The Morgan fingerprint density at radius 3 is 2.43 bits per heavy atom. The molecule has 0 saturated carbocycles. The van der Waals surface area contributed by atoms with E-state index in [1.807, 2.05) is 44.2 Å². The smallest absolute Gasteiger partial charge is 0.341 e. The van der Waals surface area contributed by atoms with Crippen LogP contribution in [0, 0.1) is 12.8 Å². The van der Waals surface area contributed by atoms with Gasteiger partial charge in [0.1, 0.15) is 29.7 Å². The zero-order valence-electron chi connectivity index (χ0n) is 16.5. The summed E-state index contributed by atoms with van der Waals surface area (Å²) in [6, 6.07) is 9.97. The Balaban J connectivity index is 1.95. The second-order valence-corrected chi connectivity index (χ2v) is 6.73. The normalized spacial score (nSPS) is 11.8. The van der Waals surface area contributed by atoms with E-state index in [0.29, 0.717) is 11.5 Å². The first-order valence-electron chi connectivity index (χ1n) is 8.99. The summed E-state index contributed by atoms with van der Waals surface area (Å²) in [6.45, 7) is 5.12. The monoisotopic (exact) mass is 387 g/mol. The number of hydrogen-bond donors (Lipinski definition) is 1. The van der Waals surface area contributed by atoms with Crippen LogP contribution in [0.5, 0.6) is 0 Å². The number of amides is 1. The molecule has 1 heterocycles. The Morgan fingerprint density at radius 2 is 1.82 bits per heavy atom. The lowest BCUT2D eigenvalue weighted by Crippen LogP contribution is -2.45. The average Bonchev–Trinajstić information content (AvgIpc) is 3.04. The highest BCUT2D eigenvalue weighted by atomic mass is 16.5. The molecule has 1 aromatic heterocycles. The van der Waals surface area contributed by atoms with Gasteiger partial charge >= 0.3 is 11.9 Å². The number of rotatable bonds is 8. The second kappa shape index (κ2) is 9.73. The number of nitrogens with one attached hydrogen (secondary N) is 1. The van der Waals surface area contributed by atoms with E-state index in [1.54, 1.807) is 6.92 Å². The molecule has 0 fully saturated rings. The van der Waals surface area contributed by atoms with Gasteiger partial charge in [0.15, 0.2) is 0 Å². The van der Waals surface area contributed by atoms with E-state index in [0.717, 1.165) is 5.56 Å². The van der Waals surface area contributed by atoms with Crippen molar-refractivity contribution in [2.24, 2.45) is 5.92 Å². The van der Waals surface area contributed by atoms with Crippen molar-refractivity contribution in [3.05, 3.63) is 59.0 Å². The molecule has 0 spiro atoms. The van der Waals surface area contributed by atoms with Crippen LogP contribution >= 0.6 is 0 Å². The van der Waals surface area contributed by atoms with Gasteiger partial charge in [-0.2, -0.15) is 0 Å². The van der Waals surface area contributed by atoms with Gasteiger partial charge in [-0.3, -0.25) is 4.79 Å². The number of carbonyl (C=O) groups is 3. The molecule has 7 heteroatoms. The van der Waals surface area contributed by atoms with Crippen molar-refractivity contribution in [1.82, 2.24) is 5.32 Å². The van der Waals surface area contributed by atoms with Crippen LogP contribution in [0.3, 0.4) is 0 Å². The van der Waals surface area contributed by atoms with E-state index >= 15 is 0 Å². The number of esters is 2. The molecule has 0 radical (unpaired) electrons. The minimum Gasteiger partial charge on any atom is -0.465 e. The Hall–Kier alpha value is -3.09. The zero-order valence-corrected chi connectivity index (χ0v) is 16.5. The highest BCUT2D eigenvalue weighted by molar-refractivity contribution is 5.90. The molecule has 0 saturated heterocycles. The maximum Gasteiger partial charge on any atom is 0.341 e. The number of carbonyl (C=O) groups excluding carboxylic acids is 3. The van der Waals surface area contributed by atoms with Crippen LogP contribution in [0.1, 0.15) is 41.3 Å². The van der Waals surface area contributed by atoms with Crippen LogP contribution in [0.25, 0.3) is 0 Å². The summed E-state index contributed by atoms with van der Waals surface area (Å²) in [4.78, 5) is 36.3. The molecular weight excluding hydrogens is 362 g/mol. The van der Waals surface area contributed by atoms with E-state index in [1.165, 1.54) is 13.2 Å². The molecule has 0 aliphatic rings. The maximum absolute atomic E-state index is 12.5. The van der Waals surface area contributed by atoms with Gasteiger partial charge in [-0.15, -0.1) is 0 Å². The predicted molar refractivity (Wildman–Crippen MR) is 101 cm³/mol. The third-order valence-electron chi connectivity index (χ3n) is 4.18. The van der Waals surface area contributed by atoms with Crippen molar-refractivity contribution in [2.45, 2.75) is 39.8 Å². The first-order valence-corrected chi connectivity index (χ1v) is 8.99. The quantitative estimate of drug-likeness (QED) is 0.700. The van der Waals surface area contributed by atoms with E-state index in [9.17, 15) is 14.4 Å². The van der Waals surface area contributed by atoms with E-state index < -0.39 is 18.0 Å². The van der Waals surface area contributed by atoms with Gasteiger partial charge in [-0.05, 0) is 24.5 Å². The lowest BCUT2D eigenvalue weighted by Gasteiger charge is -2.20. The van der Waals surface area contributed by atoms with Gasteiger partial charge < -0.3 is 19.2 Å². The highest BCUT2D eigenvalue weighted by Gasteiger charge is 2.26. The minimum absolute atomic E-state index is 0.144. The first kappa shape index (κ1) is 21.2. The molecule has 0 bridgehead atoms. The first-order chi connectivity index (χ1) is 13.3. The Bertz CT molecular complexity index is 825. The Kier molecular flexibility index (Phi) is 7.37. The van der Waals surface area contributed by atoms with Gasteiger partial charge in [0, 0.05) is 0 Å². The standard InChI is InChI=1S/C21H25NO6/c1-13(2)19(22-18(23)10-15-8-6-5-7-9-15)21(25)27-12-16-11-17(14(3)28-16)20(24)26-4/h5-9,11,13,19H,10,12H2,1-4H3,(H,22,23)/t19-/m1/s1. The van der Waals surface area contributed by atoms with Crippen LogP contribution in [0.15, 0.2) is 40.8 Å². The van der Waals surface area contributed by atoms with Gasteiger partial charge in [0.05, 0.1) is 13.5 Å². The Morgan fingerprint density at radius 1 is 1.14 bits per heavy atom. The molecule has 1 amide bonds. The summed E-state index contributed by atoms with van der Waals surface area (Å²) in [5, 5.41) is 2.73. The number of hydrogen-bond acceptors (Lipinski definition) is 6. The minimum atomic E-state index is -0.785. The molecule has 150 valence electrons. The molecule has 0 aliphatic heterocycles.